The fraction of sp³-hybridized carbons (Fsp3) is 0.647. The molecule has 6 heteroatoms. The molecule has 130 valence electrons. The standard InChI is InChI=1S/C17H29N3O2S/c18-12-7-2-1-3-8-13-19-16-11-14-20(15-16)23(21,22)17-9-5-4-6-10-17/h4-6,9-10,16,19H,1-3,7-8,11-15,18H2. The number of hydrogen-bond donors (Lipinski definition) is 2. The van der Waals surface area contributed by atoms with Gasteiger partial charge in [-0.05, 0) is 44.5 Å². The highest BCUT2D eigenvalue weighted by molar-refractivity contribution is 7.89. The predicted molar refractivity (Wildman–Crippen MR) is 93.7 cm³/mol. The zero-order valence-electron chi connectivity index (χ0n) is 13.8. The van der Waals surface area contributed by atoms with E-state index < -0.39 is 10.0 Å². The SMILES string of the molecule is NCCCCCCCNC1CCN(S(=O)(=O)c2ccccc2)C1. The van der Waals surface area contributed by atoms with Gasteiger partial charge in [-0.25, -0.2) is 8.42 Å². The molecule has 0 saturated carbocycles. The van der Waals surface area contributed by atoms with Crippen molar-refractivity contribution in [3.05, 3.63) is 30.3 Å². The molecule has 5 nitrogen and oxygen atoms in total. The third kappa shape index (κ3) is 5.57. The van der Waals surface area contributed by atoms with E-state index in [-0.39, 0.29) is 6.04 Å². The van der Waals surface area contributed by atoms with E-state index in [4.69, 9.17) is 5.73 Å². The fourth-order valence-electron chi connectivity index (χ4n) is 2.96. The first-order valence-corrected chi connectivity index (χ1v) is 10.1. The predicted octanol–water partition coefficient (Wildman–Crippen LogP) is 1.95. The number of hydrogen-bond acceptors (Lipinski definition) is 4. The van der Waals surface area contributed by atoms with Crippen molar-refractivity contribution in [2.24, 2.45) is 5.73 Å². The van der Waals surface area contributed by atoms with Gasteiger partial charge in [0, 0.05) is 19.1 Å². The van der Waals surface area contributed by atoms with Crippen molar-refractivity contribution in [1.29, 1.82) is 0 Å². The molecule has 1 saturated heterocycles. The van der Waals surface area contributed by atoms with Crippen molar-refractivity contribution in [2.45, 2.75) is 49.5 Å². The molecule has 1 aliphatic rings. The highest BCUT2D eigenvalue weighted by Gasteiger charge is 2.31. The zero-order valence-corrected chi connectivity index (χ0v) is 14.6. The Morgan fingerprint density at radius 2 is 1.78 bits per heavy atom. The molecule has 0 aromatic heterocycles. The normalized spacial score (nSPS) is 19.3. The summed E-state index contributed by atoms with van der Waals surface area (Å²) in [6.45, 7) is 2.92. The third-order valence-electron chi connectivity index (χ3n) is 4.35. The van der Waals surface area contributed by atoms with E-state index in [9.17, 15) is 8.42 Å². The molecule has 0 amide bonds. The molecule has 1 unspecified atom stereocenters. The monoisotopic (exact) mass is 339 g/mol. The highest BCUT2D eigenvalue weighted by Crippen LogP contribution is 2.20. The van der Waals surface area contributed by atoms with Crippen LogP contribution in [0.1, 0.15) is 38.5 Å². The van der Waals surface area contributed by atoms with Crippen molar-refractivity contribution in [2.75, 3.05) is 26.2 Å². The average molecular weight is 340 g/mol. The number of nitrogens with one attached hydrogen (secondary N) is 1. The second kappa shape index (κ2) is 9.37. The summed E-state index contributed by atoms with van der Waals surface area (Å²) in [5, 5.41) is 3.50. The summed E-state index contributed by atoms with van der Waals surface area (Å²) in [5.41, 5.74) is 5.48. The van der Waals surface area contributed by atoms with E-state index in [1.165, 1.54) is 19.3 Å². The Morgan fingerprint density at radius 1 is 1.09 bits per heavy atom. The molecule has 23 heavy (non-hydrogen) atoms. The van der Waals surface area contributed by atoms with E-state index in [1.54, 1.807) is 28.6 Å². The summed E-state index contributed by atoms with van der Waals surface area (Å²) in [6.07, 6.45) is 6.81. The van der Waals surface area contributed by atoms with Gasteiger partial charge < -0.3 is 11.1 Å². The van der Waals surface area contributed by atoms with E-state index in [0.717, 1.165) is 32.4 Å². The van der Waals surface area contributed by atoms with Gasteiger partial charge in [-0.3, -0.25) is 0 Å². The quantitative estimate of drug-likeness (QED) is 0.639. The number of unbranched alkanes of at least 4 members (excludes halogenated alkanes) is 4. The molecule has 0 aliphatic carbocycles. The summed E-state index contributed by atoms with van der Waals surface area (Å²) >= 11 is 0. The molecule has 1 heterocycles. The summed E-state index contributed by atoms with van der Waals surface area (Å²) in [4.78, 5) is 0.389. The summed E-state index contributed by atoms with van der Waals surface area (Å²) in [7, 11) is -3.34. The molecule has 1 atom stereocenters. The van der Waals surface area contributed by atoms with Crippen molar-refractivity contribution in [3.63, 3.8) is 0 Å². The van der Waals surface area contributed by atoms with Gasteiger partial charge in [0.05, 0.1) is 4.90 Å². The number of sulfonamides is 1. The van der Waals surface area contributed by atoms with Gasteiger partial charge in [-0.1, -0.05) is 37.5 Å². The van der Waals surface area contributed by atoms with Gasteiger partial charge in [0.15, 0.2) is 0 Å². The number of benzene rings is 1. The lowest BCUT2D eigenvalue weighted by molar-refractivity contribution is 0.452. The van der Waals surface area contributed by atoms with Crippen LogP contribution in [0.5, 0.6) is 0 Å². The van der Waals surface area contributed by atoms with Gasteiger partial charge in [0.25, 0.3) is 0 Å². The first-order valence-electron chi connectivity index (χ1n) is 8.63. The summed E-state index contributed by atoms with van der Waals surface area (Å²) in [5.74, 6) is 0. The Morgan fingerprint density at radius 3 is 2.52 bits per heavy atom. The Balaban J connectivity index is 1.70. The third-order valence-corrected chi connectivity index (χ3v) is 6.23. The maximum Gasteiger partial charge on any atom is 0.243 e. The number of nitrogens with zero attached hydrogens (tertiary/aromatic N) is 1. The van der Waals surface area contributed by atoms with E-state index in [1.807, 2.05) is 6.07 Å². The average Bonchev–Trinajstić information content (AvgIpc) is 3.04. The fourth-order valence-corrected chi connectivity index (χ4v) is 4.48. The molecular formula is C17H29N3O2S. The van der Waals surface area contributed by atoms with Crippen LogP contribution in [0.2, 0.25) is 0 Å². The molecule has 3 N–H and O–H groups in total. The van der Waals surface area contributed by atoms with Crippen molar-refractivity contribution in [3.8, 4) is 0 Å². The van der Waals surface area contributed by atoms with Gasteiger partial charge in [0.1, 0.15) is 0 Å². The molecule has 1 aliphatic heterocycles. The minimum absolute atomic E-state index is 0.275. The van der Waals surface area contributed by atoms with Crippen LogP contribution in [0.25, 0.3) is 0 Å². The van der Waals surface area contributed by atoms with Crippen LogP contribution in [0.15, 0.2) is 35.2 Å². The minimum atomic E-state index is -3.34. The van der Waals surface area contributed by atoms with Gasteiger partial charge >= 0.3 is 0 Å². The highest BCUT2D eigenvalue weighted by atomic mass is 32.2. The van der Waals surface area contributed by atoms with Crippen LogP contribution in [0, 0.1) is 0 Å². The molecule has 1 aromatic carbocycles. The maximum atomic E-state index is 12.5. The molecular weight excluding hydrogens is 310 g/mol. The molecule has 1 fully saturated rings. The van der Waals surface area contributed by atoms with E-state index >= 15 is 0 Å². The number of rotatable bonds is 10. The van der Waals surface area contributed by atoms with E-state index in [2.05, 4.69) is 5.32 Å². The zero-order chi connectivity index (χ0) is 16.5. The van der Waals surface area contributed by atoms with Crippen molar-refractivity contribution < 1.29 is 8.42 Å². The Labute approximate surface area is 140 Å². The van der Waals surface area contributed by atoms with E-state index in [0.29, 0.717) is 18.0 Å². The van der Waals surface area contributed by atoms with Crippen LogP contribution in [0.4, 0.5) is 0 Å². The Bertz CT molecular complexity index is 548. The molecule has 0 spiro atoms. The molecule has 0 bridgehead atoms. The first kappa shape index (κ1) is 18.4. The Kier molecular flexibility index (Phi) is 7.49. The van der Waals surface area contributed by atoms with Crippen LogP contribution < -0.4 is 11.1 Å². The summed E-state index contributed by atoms with van der Waals surface area (Å²) in [6, 6.07) is 8.97. The molecule has 1 aromatic rings. The van der Waals surface area contributed by atoms with Gasteiger partial charge in [-0.15, -0.1) is 0 Å². The van der Waals surface area contributed by atoms with Crippen LogP contribution in [-0.2, 0) is 10.0 Å². The van der Waals surface area contributed by atoms with Crippen molar-refractivity contribution in [1.82, 2.24) is 9.62 Å². The second-order valence-corrected chi connectivity index (χ2v) is 8.11. The lowest BCUT2D eigenvalue weighted by atomic mass is 10.1. The Hall–Kier alpha value is -0.950. The summed E-state index contributed by atoms with van der Waals surface area (Å²) < 4.78 is 26.7. The minimum Gasteiger partial charge on any atom is -0.330 e. The molecule has 2 rings (SSSR count). The number of nitrogens with two attached hydrogens (primary N) is 1. The largest absolute Gasteiger partial charge is 0.330 e. The van der Waals surface area contributed by atoms with Crippen molar-refractivity contribution >= 4 is 10.0 Å². The lowest BCUT2D eigenvalue weighted by Gasteiger charge is -2.17. The van der Waals surface area contributed by atoms with Crippen LogP contribution in [0.3, 0.4) is 0 Å². The smallest absolute Gasteiger partial charge is 0.243 e. The van der Waals surface area contributed by atoms with Gasteiger partial charge in [-0.2, -0.15) is 4.31 Å². The maximum absolute atomic E-state index is 12.5. The lowest BCUT2D eigenvalue weighted by Crippen LogP contribution is -2.35. The molecule has 0 radical (unpaired) electrons. The van der Waals surface area contributed by atoms with Gasteiger partial charge in [0.2, 0.25) is 10.0 Å². The second-order valence-electron chi connectivity index (χ2n) is 6.17. The first-order chi connectivity index (χ1) is 11.1. The van der Waals surface area contributed by atoms with Crippen LogP contribution >= 0.6 is 0 Å². The topological polar surface area (TPSA) is 75.4 Å². The van der Waals surface area contributed by atoms with Crippen LogP contribution in [-0.4, -0.2) is 44.9 Å².